The first-order valence-corrected chi connectivity index (χ1v) is 16.9. The molecule has 1 aliphatic heterocycles. The van der Waals surface area contributed by atoms with Crippen molar-refractivity contribution in [3.05, 3.63) is 155 Å². The maximum absolute atomic E-state index is 14.1. The number of rotatable bonds is 2. The number of aromatic nitrogens is 2. The highest BCUT2D eigenvalue weighted by atomic mass is 32.2. The van der Waals surface area contributed by atoms with Gasteiger partial charge in [0.15, 0.2) is 0 Å². The quantitative estimate of drug-likeness (QED) is 0.200. The van der Waals surface area contributed by atoms with Crippen molar-refractivity contribution in [1.82, 2.24) is 9.55 Å². The molecule has 0 bridgehead atoms. The first kappa shape index (κ1) is 25.1. The summed E-state index contributed by atoms with van der Waals surface area (Å²) >= 11 is 0. The fourth-order valence-electron chi connectivity index (χ4n) is 8.42. The Labute approximate surface area is 261 Å². The summed E-state index contributed by atoms with van der Waals surface area (Å²) in [6.07, 6.45) is 0.679. The fourth-order valence-corrected chi connectivity index (χ4v) is 10.1. The van der Waals surface area contributed by atoms with Gasteiger partial charge in [0.2, 0.25) is 9.84 Å². The molecular formula is C40H26N2O2S. The molecule has 45 heavy (non-hydrogen) atoms. The molecule has 4 nitrogen and oxygen atoms in total. The molecule has 0 amide bonds. The van der Waals surface area contributed by atoms with Gasteiger partial charge in [0.1, 0.15) is 5.82 Å². The molecule has 3 aliphatic rings. The molecule has 0 saturated carbocycles. The highest BCUT2D eigenvalue weighted by Crippen LogP contribution is 2.63. The van der Waals surface area contributed by atoms with Gasteiger partial charge in [-0.05, 0) is 74.3 Å². The van der Waals surface area contributed by atoms with Crippen molar-refractivity contribution >= 4 is 20.9 Å². The maximum Gasteiger partial charge on any atom is 0.210 e. The summed E-state index contributed by atoms with van der Waals surface area (Å²) in [5, 5.41) is 0. The predicted octanol–water partition coefficient (Wildman–Crippen LogP) is 8.74. The molecule has 10 rings (SSSR count). The second-order valence-corrected chi connectivity index (χ2v) is 14.0. The van der Waals surface area contributed by atoms with Gasteiger partial charge in [0, 0.05) is 12.0 Å². The Morgan fingerprint density at radius 2 is 1.16 bits per heavy atom. The van der Waals surface area contributed by atoms with Crippen LogP contribution in [-0.2, 0) is 21.7 Å². The molecule has 0 unspecified atom stereocenters. The Morgan fingerprint density at radius 3 is 1.80 bits per heavy atom. The highest BCUT2D eigenvalue weighted by molar-refractivity contribution is 7.92. The van der Waals surface area contributed by atoms with Crippen LogP contribution in [-0.4, -0.2) is 18.0 Å². The van der Waals surface area contributed by atoms with Crippen LogP contribution in [0.25, 0.3) is 50.1 Å². The molecular weight excluding hydrogens is 573 g/mol. The third-order valence-electron chi connectivity index (χ3n) is 10.1. The maximum atomic E-state index is 14.1. The molecule has 2 heterocycles. The van der Waals surface area contributed by atoms with Crippen molar-refractivity contribution in [3.8, 4) is 39.1 Å². The van der Waals surface area contributed by atoms with Crippen molar-refractivity contribution < 1.29 is 8.42 Å². The lowest BCUT2D eigenvalue weighted by Gasteiger charge is -2.31. The van der Waals surface area contributed by atoms with Gasteiger partial charge in [0.25, 0.3) is 0 Å². The van der Waals surface area contributed by atoms with E-state index >= 15 is 0 Å². The minimum Gasteiger partial charge on any atom is -0.293 e. The fraction of sp³-hybridized carbons (Fsp3) is 0.0750. The van der Waals surface area contributed by atoms with Crippen LogP contribution in [0.4, 0.5) is 0 Å². The van der Waals surface area contributed by atoms with Crippen LogP contribution < -0.4 is 0 Å². The summed E-state index contributed by atoms with van der Waals surface area (Å²) in [4.78, 5) is 5.53. The molecule has 7 aromatic rings. The van der Waals surface area contributed by atoms with E-state index in [9.17, 15) is 8.42 Å². The van der Waals surface area contributed by atoms with Crippen LogP contribution in [0.15, 0.2) is 137 Å². The summed E-state index contributed by atoms with van der Waals surface area (Å²) in [6.45, 7) is 2.07. The molecule has 214 valence electrons. The molecule has 2 aliphatic carbocycles. The summed E-state index contributed by atoms with van der Waals surface area (Å²) in [5.74, 6) is 0.852. The van der Waals surface area contributed by atoms with Gasteiger partial charge in [-0.15, -0.1) is 0 Å². The number of imidazole rings is 1. The molecule has 0 N–H and O–H groups in total. The van der Waals surface area contributed by atoms with E-state index in [0.29, 0.717) is 32.9 Å². The minimum absolute atomic E-state index is 0.319. The van der Waals surface area contributed by atoms with E-state index in [4.69, 9.17) is 4.98 Å². The lowest BCUT2D eigenvalue weighted by molar-refractivity contribution is 0.594. The normalized spacial score (nSPS) is 15.4. The molecule has 6 aromatic carbocycles. The van der Waals surface area contributed by atoms with Crippen LogP contribution >= 0.6 is 0 Å². The standard InChI is InChI=1S/C40H26N2O2S/c1-2-37-41-34-18-10-20-36-39(34)42(37)38-25(14-9-19-35(38)45(36,43)44)24-21-22-29-28-13-5-8-17-32(28)40(33(29)23-24)30-15-6-3-11-26(30)27-12-4-7-16-31(27)40/h3-23H,2H2,1H3. The van der Waals surface area contributed by atoms with E-state index in [1.165, 1.54) is 44.5 Å². The number of hydrogen-bond acceptors (Lipinski definition) is 3. The van der Waals surface area contributed by atoms with E-state index < -0.39 is 15.3 Å². The zero-order chi connectivity index (χ0) is 30.1. The molecule has 0 saturated heterocycles. The third-order valence-corrected chi connectivity index (χ3v) is 12.0. The Kier molecular flexibility index (Phi) is 4.72. The van der Waals surface area contributed by atoms with Gasteiger partial charge in [-0.1, -0.05) is 110 Å². The zero-order valence-electron chi connectivity index (χ0n) is 24.5. The van der Waals surface area contributed by atoms with E-state index in [-0.39, 0.29) is 0 Å². The second kappa shape index (κ2) is 8.46. The van der Waals surface area contributed by atoms with Crippen LogP contribution in [0, 0.1) is 0 Å². The topological polar surface area (TPSA) is 52.0 Å². The van der Waals surface area contributed by atoms with Crippen LogP contribution in [0.5, 0.6) is 0 Å². The van der Waals surface area contributed by atoms with E-state index in [2.05, 4.69) is 109 Å². The smallest absolute Gasteiger partial charge is 0.210 e. The summed E-state index contributed by atoms with van der Waals surface area (Å²) in [6, 6.07) is 44.1. The molecule has 0 fully saturated rings. The first-order chi connectivity index (χ1) is 22.0. The highest BCUT2D eigenvalue weighted by Gasteiger charge is 2.51. The zero-order valence-corrected chi connectivity index (χ0v) is 25.3. The third kappa shape index (κ3) is 2.88. The van der Waals surface area contributed by atoms with Crippen molar-refractivity contribution in [2.45, 2.75) is 28.6 Å². The van der Waals surface area contributed by atoms with Crippen LogP contribution in [0.2, 0.25) is 0 Å². The monoisotopic (exact) mass is 598 g/mol. The van der Waals surface area contributed by atoms with E-state index in [1.807, 2.05) is 12.1 Å². The van der Waals surface area contributed by atoms with Crippen LogP contribution in [0.1, 0.15) is 35.0 Å². The lowest BCUT2D eigenvalue weighted by atomic mass is 9.70. The van der Waals surface area contributed by atoms with Crippen molar-refractivity contribution in [1.29, 1.82) is 0 Å². The molecule has 5 heteroatoms. The van der Waals surface area contributed by atoms with Gasteiger partial charge in [-0.3, -0.25) is 4.57 Å². The molecule has 1 spiro atoms. The Hall–Kier alpha value is -5.26. The summed E-state index contributed by atoms with van der Waals surface area (Å²) in [7, 11) is -3.75. The average Bonchev–Trinajstić information content (AvgIpc) is 3.71. The minimum atomic E-state index is -3.75. The van der Waals surface area contributed by atoms with Crippen LogP contribution in [0.3, 0.4) is 0 Å². The first-order valence-electron chi connectivity index (χ1n) is 15.4. The van der Waals surface area contributed by atoms with E-state index in [0.717, 1.165) is 17.0 Å². The number of sulfone groups is 1. The second-order valence-electron chi connectivity index (χ2n) is 12.1. The largest absolute Gasteiger partial charge is 0.293 e. The number of para-hydroxylation sites is 2. The molecule has 1 aromatic heterocycles. The number of nitrogens with zero attached hydrogens (tertiary/aromatic N) is 2. The van der Waals surface area contributed by atoms with Gasteiger partial charge in [0.05, 0.1) is 31.9 Å². The number of benzene rings is 6. The number of aryl methyl sites for hydroxylation is 1. The number of hydrogen-bond donors (Lipinski definition) is 0. The summed E-state index contributed by atoms with van der Waals surface area (Å²) < 4.78 is 30.4. The van der Waals surface area contributed by atoms with Crippen molar-refractivity contribution in [2.75, 3.05) is 0 Å². The molecule has 0 atom stereocenters. The Bertz CT molecular complexity index is 2500. The Balaban J connectivity index is 1.31. The lowest BCUT2D eigenvalue weighted by Crippen LogP contribution is -2.25. The summed E-state index contributed by atoms with van der Waals surface area (Å²) in [5.41, 5.74) is 13.5. The van der Waals surface area contributed by atoms with E-state index in [1.54, 1.807) is 18.2 Å². The number of fused-ring (bicyclic) bond motifs is 12. The van der Waals surface area contributed by atoms with Crippen molar-refractivity contribution in [3.63, 3.8) is 0 Å². The van der Waals surface area contributed by atoms with Gasteiger partial charge >= 0.3 is 0 Å². The van der Waals surface area contributed by atoms with Gasteiger partial charge < -0.3 is 0 Å². The van der Waals surface area contributed by atoms with Gasteiger partial charge in [-0.2, -0.15) is 0 Å². The SMILES string of the molecule is CCc1nc2cccc3c2n1-c1c(-c2ccc4c(c2)C2(c5ccccc5-c5ccccc52)c2ccccc2-4)cccc1S3(=O)=O. The van der Waals surface area contributed by atoms with Crippen molar-refractivity contribution in [2.24, 2.45) is 0 Å². The average molecular weight is 599 g/mol. The predicted molar refractivity (Wildman–Crippen MR) is 178 cm³/mol. The Morgan fingerprint density at radius 1 is 0.600 bits per heavy atom. The molecule has 0 radical (unpaired) electrons. The van der Waals surface area contributed by atoms with Gasteiger partial charge in [-0.25, -0.2) is 13.4 Å².